The van der Waals surface area contributed by atoms with Crippen LogP contribution in [0.15, 0.2) is 18.2 Å². The van der Waals surface area contributed by atoms with Crippen LogP contribution in [0, 0.1) is 30.6 Å². The molecule has 0 radical (unpaired) electrons. The lowest BCUT2D eigenvalue weighted by Gasteiger charge is -2.18. The summed E-state index contributed by atoms with van der Waals surface area (Å²) in [4.78, 5) is 112. The van der Waals surface area contributed by atoms with E-state index < -0.39 is 45.8 Å². The Balaban J connectivity index is 3.11. The molecule has 0 aliphatic rings. The Kier molecular flexibility index (Phi) is 20.7. The Bertz CT molecular complexity index is 1410. The molecule has 0 N–H and O–H groups in total. The maximum absolute atomic E-state index is 13.4. The van der Waals surface area contributed by atoms with Crippen LogP contribution in [0.2, 0.25) is 0 Å². The monoisotopic (exact) mass is 756 g/mol. The minimum absolute atomic E-state index is 0.00905. The number of esters is 2. The number of Topliss-reactive ketones (excluding diaryl/α,β-unsaturated/α-hetero) is 4. The summed E-state index contributed by atoms with van der Waals surface area (Å²) in [6, 6.07) is 4.59. The zero-order valence-corrected chi connectivity index (χ0v) is 31.9. The number of thiol groups is 1. The van der Waals surface area contributed by atoms with Crippen molar-refractivity contribution >= 4 is 98.3 Å². The topological polar surface area (TPSA) is 172 Å². The third-order valence-corrected chi connectivity index (χ3v) is 10.7. The van der Waals surface area contributed by atoms with Crippen molar-refractivity contribution in [2.45, 2.75) is 67.2 Å². The molecule has 11 nitrogen and oxygen atoms in total. The Labute approximate surface area is 305 Å². The quantitative estimate of drug-likeness (QED) is 0.0933. The Morgan fingerprint density at radius 1 is 0.653 bits per heavy atom. The number of ether oxygens (including phenoxy) is 2. The van der Waals surface area contributed by atoms with E-state index in [0.29, 0.717) is 5.56 Å². The van der Waals surface area contributed by atoms with Crippen molar-refractivity contribution in [2.75, 3.05) is 29.6 Å². The minimum Gasteiger partial charge on any atom is -0.466 e. The van der Waals surface area contributed by atoms with Gasteiger partial charge in [0.15, 0.2) is 10.2 Å². The molecule has 270 valence electrons. The molecule has 0 aliphatic carbocycles. The van der Waals surface area contributed by atoms with Gasteiger partial charge in [0, 0.05) is 60.5 Å². The van der Waals surface area contributed by atoms with Gasteiger partial charge in [-0.1, -0.05) is 41.4 Å². The van der Waals surface area contributed by atoms with Crippen LogP contribution < -0.4 is 4.74 Å². The highest BCUT2D eigenvalue weighted by Crippen LogP contribution is 2.30. The first kappa shape index (κ1) is 44.3. The molecule has 0 heterocycles. The number of ketones is 4. The third-order valence-electron chi connectivity index (χ3n) is 6.81. The summed E-state index contributed by atoms with van der Waals surface area (Å²) >= 11 is 6.52. The summed E-state index contributed by atoms with van der Waals surface area (Å²) in [5.41, 5.74) is 0.692. The molecule has 4 atom stereocenters. The summed E-state index contributed by atoms with van der Waals surface area (Å²) in [6.45, 7) is 8.78. The van der Waals surface area contributed by atoms with Crippen molar-refractivity contribution in [3.63, 3.8) is 0 Å². The number of hydrogen-bond donors (Lipinski definition) is 1. The van der Waals surface area contributed by atoms with E-state index in [4.69, 9.17) is 9.47 Å². The summed E-state index contributed by atoms with van der Waals surface area (Å²) in [7, 11) is 0. The Morgan fingerprint density at radius 3 is 1.59 bits per heavy atom. The van der Waals surface area contributed by atoms with E-state index >= 15 is 0 Å². The highest BCUT2D eigenvalue weighted by atomic mass is 32.2. The molecule has 4 unspecified atom stereocenters. The van der Waals surface area contributed by atoms with Gasteiger partial charge in [-0.2, -0.15) is 12.6 Å². The van der Waals surface area contributed by atoms with E-state index in [0.717, 1.165) is 35.3 Å². The highest BCUT2D eigenvalue weighted by molar-refractivity contribution is 8.15. The Morgan fingerprint density at radius 2 is 1.10 bits per heavy atom. The first-order valence-electron chi connectivity index (χ1n) is 15.6. The molecule has 0 amide bonds. The van der Waals surface area contributed by atoms with E-state index in [-0.39, 0.29) is 94.9 Å². The van der Waals surface area contributed by atoms with Gasteiger partial charge in [0.2, 0.25) is 5.12 Å². The van der Waals surface area contributed by atoms with Crippen LogP contribution >= 0.6 is 47.9 Å². The molecule has 1 aromatic carbocycles. The zero-order chi connectivity index (χ0) is 37.3. The van der Waals surface area contributed by atoms with Crippen LogP contribution in [0.1, 0.15) is 76.2 Å². The summed E-state index contributed by atoms with van der Waals surface area (Å²) in [5, 5.41) is -1.30. The zero-order valence-electron chi connectivity index (χ0n) is 28.6. The second kappa shape index (κ2) is 22.9. The largest absolute Gasteiger partial charge is 0.466 e. The molecule has 0 fully saturated rings. The van der Waals surface area contributed by atoms with Crippen LogP contribution in [0.5, 0.6) is 5.75 Å². The number of benzene rings is 1. The second-order valence-electron chi connectivity index (χ2n) is 11.6. The van der Waals surface area contributed by atoms with Crippen LogP contribution in [0.25, 0.3) is 0 Å². The van der Waals surface area contributed by atoms with Gasteiger partial charge in [-0.3, -0.25) is 24.0 Å². The van der Waals surface area contributed by atoms with Gasteiger partial charge >= 0.3 is 11.9 Å². The standard InChI is InChI=1S/C34H44O11S4/c1-7-44-30(39)25(12-21(4)36)16-48-33(42)27(14-23(6)38)18-49-34(43)28-9-8-19(2)10-29(28)45-31(40)26(13-22(5)37)17-47-32(41)24(15-46)11-20(3)35/h8-10,24-27,46H,7,11-18H2,1-6H3. The molecule has 0 saturated heterocycles. The van der Waals surface area contributed by atoms with Crippen molar-refractivity contribution in [3.05, 3.63) is 29.3 Å². The lowest BCUT2D eigenvalue weighted by Crippen LogP contribution is -2.27. The van der Waals surface area contributed by atoms with E-state index in [1.54, 1.807) is 19.9 Å². The summed E-state index contributed by atoms with van der Waals surface area (Å²) in [5.74, 6) is -5.93. The SMILES string of the molecule is CCOC(=O)C(CSC(=O)C(CSC(=O)c1ccc(C)cc1OC(=O)C(CSC(=O)C(CS)CC(C)=O)CC(C)=O)CC(C)=O)CC(C)=O. The fourth-order valence-corrected chi connectivity index (χ4v) is 7.94. The van der Waals surface area contributed by atoms with E-state index in [9.17, 15) is 43.2 Å². The van der Waals surface area contributed by atoms with E-state index in [1.165, 1.54) is 39.8 Å². The maximum Gasteiger partial charge on any atom is 0.315 e. The van der Waals surface area contributed by atoms with Crippen molar-refractivity contribution in [3.8, 4) is 5.75 Å². The molecular formula is C34H44O11S4. The van der Waals surface area contributed by atoms with Crippen molar-refractivity contribution in [2.24, 2.45) is 23.7 Å². The molecule has 15 heteroatoms. The predicted octanol–water partition coefficient (Wildman–Crippen LogP) is 5.17. The van der Waals surface area contributed by atoms with E-state index in [2.05, 4.69) is 12.6 Å². The van der Waals surface area contributed by atoms with Gasteiger partial charge < -0.3 is 28.7 Å². The average molecular weight is 757 g/mol. The fourth-order valence-electron chi connectivity index (χ4n) is 4.43. The molecule has 0 saturated carbocycles. The highest BCUT2D eigenvalue weighted by Gasteiger charge is 2.30. The van der Waals surface area contributed by atoms with Gasteiger partial charge in [-0.05, 0) is 59.2 Å². The molecule has 0 aromatic heterocycles. The lowest BCUT2D eigenvalue weighted by molar-refractivity contribution is -0.148. The van der Waals surface area contributed by atoms with Gasteiger partial charge in [0.1, 0.15) is 28.9 Å². The second-order valence-corrected chi connectivity index (χ2v) is 15.0. The normalized spacial score (nSPS) is 13.4. The molecular weight excluding hydrogens is 713 g/mol. The smallest absolute Gasteiger partial charge is 0.315 e. The fraction of sp³-hybridized carbons (Fsp3) is 0.559. The number of carbonyl (C=O) groups is 9. The number of rotatable bonds is 22. The molecule has 0 aliphatic heterocycles. The van der Waals surface area contributed by atoms with Gasteiger partial charge in [0.25, 0.3) is 0 Å². The summed E-state index contributed by atoms with van der Waals surface area (Å²) < 4.78 is 10.7. The number of thioether (sulfide) groups is 3. The molecule has 1 aromatic rings. The van der Waals surface area contributed by atoms with Crippen LogP contribution in [-0.2, 0) is 43.1 Å². The van der Waals surface area contributed by atoms with Crippen LogP contribution in [0.3, 0.4) is 0 Å². The molecule has 1 rings (SSSR count). The minimum atomic E-state index is -1.02. The number of hydrogen-bond acceptors (Lipinski definition) is 15. The first-order valence-corrected chi connectivity index (χ1v) is 19.2. The van der Waals surface area contributed by atoms with Gasteiger partial charge in [-0.25, -0.2) is 0 Å². The molecule has 49 heavy (non-hydrogen) atoms. The van der Waals surface area contributed by atoms with Crippen molar-refractivity contribution in [1.29, 1.82) is 0 Å². The maximum atomic E-state index is 13.4. The third kappa shape index (κ3) is 17.2. The average Bonchev–Trinajstić information content (AvgIpc) is 3.01. The number of aryl methyl sites for hydroxylation is 1. The lowest BCUT2D eigenvalue weighted by atomic mass is 10.1. The van der Waals surface area contributed by atoms with Crippen LogP contribution in [-0.4, -0.2) is 80.0 Å². The van der Waals surface area contributed by atoms with Crippen LogP contribution in [0.4, 0.5) is 0 Å². The number of carbonyl (C=O) groups excluding carboxylic acids is 9. The van der Waals surface area contributed by atoms with E-state index in [1.807, 2.05) is 0 Å². The molecule has 0 bridgehead atoms. The van der Waals surface area contributed by atoms with Gasteiger partial charge in [-0.15, -0.1) is 0 Å². The van der Waals surface area contributed by atoms with Crippen molar-refractivity contribution < 1.29 is 52.6 Å². The van der Waals surface area contributed by atoms with Crippen molar-refractivity contribution in [1.82, 2.24) is 0 Å². The Hall–Kier alpha value is -2.75. The molecule has 0 spiro atoms. The first-order chi connectivity index (χ1) is 23.0. The van der Waals surface area contributed by atoms with Gasteiger partial charge in [0.05, 0.1) is 24.0 Å². The predicted molar refractivity (Wildman–Crippen MR) is 194 cm³/mol. The summed E-state index contributed by atoms with van der Waals surface area (Å²) in [6.07, 6.45) is -0.453.